The van der Waals surface area contributed by atoms with Crippen LogP contribution in [0.5, 0.6) is 5.75 Å². The molecule has 0 amide bonds. The molecule has 0 N–H and O–H groups in total. The molecule has 2 aromatic carbocycles. The van der Waals surface area contributed by atoms with Crippen LogP contribution in [0.4, 0.5) is 10.1 Å². The fourth-order valence-electron chi connectivity index (χ4n) is 3.56. The lowest BCUT2D eigenvalue weighted by molar-refractivity contribution is -0.384. The van der Waals surface area contributed by atoms with E-state index < -0.39 is 4.92 Å². The quantitative estimate of drug-likeness (QED) is 0.352. The Kier molecular flexibility index (Phi) is 7.48. The summed E-state index contributed by atoms with van der Waals surface area (Å²) in [5.41, 5.74) is 0.574. The second-order valence-corrected chi connectivity index (χ2v) is 7.37. The van der Waals surface area contributed by atoms with Crippen molar-refractivity contribution in [3.8, 4) is 5.75 Å². The number of rotatable bonds is 9. The maximum atomic E-state index is 13.1. The maximum absolute atomic E-state index is 13.1. The monoisotopic (exact) mass is 416 g/mol. The van der Waals surface area contributed by atoms with Gasteiger partial charge >= 0.3 is 0 Å². The van der Waals surface area contributed by atoms with Crippen LogP contribution in [-0.4, -0.2) is 55.1 Å². The Morgan fingerprint density at radius 3 is 2.37 bits per heavy atom. The number of carbonyl (C=O) groups excluding carboxylic acids is 1. The van der Waals surface area contributed by atoms with E-state index in [0.29, 0.717) is 24.5 Å². The zero-order chi connectivity index (χ0) is 21.5. The van der Waals surface area contributed by atoms with Gasteiger partial charge in [-0.05, 0) is 62.3 Å². The second kappa shape index (κ2) is 10.3. The molecule has 0 radical (unpaired) electrons. The summed E-state index contributed by atoms with van der Waals surface area (Å²) in [5.74, 6) is 0.220. The molecule has 1 aliphatic heterocycles. The molecule has 0 spiro atoms. The van der Waals surface area contributed by atoms with E-state index in [1.807, 2.05) is 0 Å². The number of methoxy groups -OCH3 is 1. The average molecular weight is 416 g/mol. The van der Waals surface area contributed by atoms with Gasteiger partial charge in [-0.15, -0.1) is 0 Å². The second-order valence-electron chi connectivity index (χ2n) is 7.37. The van der Waals surface area contributed by atoms with Crippen LogP contribution in [-0.2, 0) is 4.74 Å². The van der Waals surface area contributed by atoms with Gasteiger partial charge in [-0.25, -0.2) is 4.39 Å². The lowest BCUT2D eigenvalue weighted by atomic mass is 9.89. The van der Waals surface area contributed by atoms with E-state index in [0.717, 1.165) is 25.9 Å². The minimum atomic E-state index is -0.452. The number of carbonyl (C=O) groups is 1. The van der Waals surface area contributed by atoms with E-state index in [1.165, 1.54) is 24.3 Å². The number of ketones is 1. The highest BCUT2D eigenvalue weighted by Crippen LogP contribution is 2.23. The number of likely N-dealkylation sites (tertiary alicyclic amines) is 1. The molecule has 1 heterocycles. The number of Topliss-reactive ketones (excluding diaryl/α,β-unsaturated/α-hetero) is 1. The number of non-ortho nitro benzene ring substituents is 1. The topological polar surface area (TPSA) is 81.9 Å². The van der Waals surface area contributed by atoms with E-state index in [2.05, 4.69) is 4.90 Å². The number of hydrogen-bond donors (Lipinski definition) is 0. The van der Waals surface area contributed by atoms with Crippen molar-refractivity contribution in [2.75, 3.05) is 33.4 Å². The number of nitro benzene ring substituents is 1. The van der Waals surface area contributed by atoms with E-state index in [4.69, 9.17) is 9.47 Å². The summed E-state index contributed by atoms with van der Waals surface area (Å²) in [6.07, 6.45) is 1.33. The predicted octanol–water partition coefficient (Wildman–Crippen LogP) is 3.72. The number of halogens is 1. The first-order valence-corrected chi connectivity index (χ1v) is 9.88. The molecule has 0 saturated carbocycles. The zero-order valence-corrected chi connectivity index (χ0v) is 16.8. The molecule has 1 unspecified atom stereocenters. The van der Waals surface area contributed by atoms with Gasteiger partial charge in [-0.1, -0.05) is 0 Å². The molecule has 8 heteroatoms. The van der Waals surface area contributed by atoms with Crippen LogP contribution < -0.4 is 4.74 Å². The largest absolute Gasteiger partial charge is 0.491 e. The number of benzene rings is 2. The lowest BCUT2D eigenvalue weighted by Gasteiger charge is -2.33. The Balaban J connectivity index is 1.45. The predicted molar refractivity (Wildman–Crippen MR) is 109 cm³/mol. The highest BCUT2D eigenvalue weighted by atomic mass is 19.1. The summed E-state index contributed by atoms with van der Waals surface area (Å²) < 4.78 is 24.3. The standard InChI is InChI=1S/C22H25FN2O5/c1-29-21(15-30-20-8-6-19(7-9-20)25(27)28)14-24-12-10-17(11-13-24)22(26)16-2-4-18(23)5-3-16/h2-9,17,21H,10-15H2,1H3. The van der Waals surface area contributed by atoms with Crippen molar-refractivity contribution < 1.29 is 23.6 Å². The summed E-state index contributed by atoms with van der Waals surface area (Å²) in [4.78, 5) is 25.1. The molecule has 30 heavy (non-hydrogen) atoms. The Bertz CT molecular complexity index is 849. The SMILES string of the molecule is COC(COc1ccc([N+](=O)[O-])cc1)CN1CCC(C(=O)c2ccc(F)cc2)CC1. The minimum Gasteiger partial charge on any atom is -0.491 e. The molecule has 7 nitrogen and oxygen atoms in total. The Labute approximate surface area is 174 Å². The minimum absolute atomic E-state index is 0.0173. The normalized spacial score (nSPS) is 16.2. The van der Waals surface area contributed by atoms with E-state index in [-0.39, 0.29) is 29.3 Å². The van der Waals surface area contributed by atoms with Gasteiger partial charge in [0, 0.05) is 37.3 Å². The van der Waals surface area contributed by atoms with Crippen molar-refractivity contribution in [3.63, 3.8) is 0 Å². The Morgan fingerprint density at radius 2 is 1.80 bits per heavy atom. The molecule has 3 rings (SSSR count). The van der Waals surface area contributed by atoms with E-state index in [9.17, 15) is 19.3 Å². The molecule has 0 aromatic heterocycles. The summed E-state index contributed by atoms with van der Waals surface area (Å²) in [6, 6.07) is 11.7. The smallest absolute Gasteiger partial charge is 0.269 e. The van der Waals surface area contributed by atoms with Crippen molar-refractivity contribution in [2.24, 2.45) is 5.92 Å². The summed E-state index contributed by atoms with van der Waals surface area (Å²) in [7, 11) is 1.62. The molecule has 1 aliphatic rings. The zero-order valence-electron chi connectivity index (χ0n) is 16.8. The molecular formula is C22H25FN2O5. The van der Waals surface area contributed by atoms with E-state index >= 15 is 0 Å². The lowest BCUT2D eigenvalue weighted by Crippen LogP contribution is -2.42. The third-order valence-corrected chi connectivity index (χ3v) is 5.37. The van der Waals surface area contributed by atoms with Crippen molar-refractivity contribution in [2.45, 2.75) is 18.9 Å². The van der Waals surface area contributed by atoms with Gasteiger partial charge in [0.25, 0.3) is 5.69 Å². The molecule has 160 valence electrons. The van der Waals surface area contributed by atoms with Gasteiger partial charge in [0.15, 0.2) is 5.78 Å². The van der Waals surface area contributed by atoms with E-state index in [1.54, 1.807) is 31.4 Å². The molecule has 1 atom stereocenters. The number of ether oxygens (including phenoxy) is 2. The van der Waals surface area contributed by atoms with Gasteiger partial charge in [-0.3, -0.25) is 14.9 Å². The van der Waals surface area contributed by atoms with Crippen LogP contribution in [0.15, 0.2) is 48.5 Å². The molecule has 0 bridgehead atoms. The summed E-state index contributed by atoms with van der Waals surface area (Å²) in [6.45, 7) is 2.54. The summed E-state index contributed by atoms with van der Waals surface area (Å²) >= 11 is 0. The highest BCUT2D eigenvalue weighted by Gasteiger charge is 2.27. The number of piperidine rings is 1. The highest BCUT2D eigenvalue weighted by molar-refractivity contribution is 5.97. The van der Waals surface area contributed by atoms with Crippen LogP contribution in [0.1, 0.15) is 23.2 Å². The van der Waals surface area contributed by atoms with Crippen LogP contribution in [0.25, 0.3) is 0 Å². The van der Waals surface area contributed by atoms with Crippen molar-refractivity contribution >= 4 is 11.5 Å². The van der Waals surface area contributed by atoms with Gasteiger partial charge < -0.3 is 14.4 Å². The van der Waals surface area contributed by atoms with Gasteiger partial charge in [-0.2, -0.15) is 0 Å². The third kappa shape index (κ3) is 5.84. The maximum Gasteiger partial charge on any atom is 0.269 e. The molecular weight excluding hydrogens is 391 g/mol. The van der Waals surface area contributed by atoms with Crippen LogP contribution in [0.3, 0.4) is 0 Å². The number of hydrogen-bond acceptors (Lipinski definition) is 6. The third-order valence-electron chi connectivity index (χ3n) is 5.37. The van der Waals surface area contributed by atoms with Gasteiger partial charge in [0.1, 0.15) is 24.3 Å². The van der Waals surface area contributed by atoms with Crippen LogP contribution in [0.2, 0.25) is 0 Å². The average Bonchev–Trinajstić information content (AvgIpc) is 2.77. The first-order chi connectivity index (χ1) is 14.5. The number of nitrogens with zero attached hydrogens (tertiary/aromatic N) is 2. The van der Waals surface area contributed by atoms with Crippen molar-refractivity contribution in [1.82, 2.24) is 4.90 Å². The first-order valence-electron chi connectivity index (χ1n) is 9.88. The fraction of sp³-hybridized carbons (Fsp3) is 0.409. The Morgan fingerprint density at radius 1 is 1.17 bits per heavy atom. The molecule has 1 fully saturated rings. The van der Waals surface area contributed by atoms with Crippen LogP contribution >= 0.6 is 0 Å². The fourth-order valence-corrected chi connectivity index (χ4v) is 3.56. The number of nitro groups is 1. The van der Waals surface area contributed by atoms with Crippen molar-refractivity contribution in [3.05, 3.63) is 70.0 Å². The Hall–Kier alpha value is -2.84. The molecule has 1 saturated heterocycles. The van der Waals surface area contributed by atoms with Crippen LogP contribution in [0, 0.1) is 21.8 Å². The summed E-state index contributed by atoms with van der Waals surface area (Å²) in [5, 5.41) is 10.7. The van der Waals surface area contributed by atoms with Gasteiger partial charge in [0.05, 0.1) is 4.92 Å². The molecule has 2 aromatic rings. The first kappa shape index (κ1) is 21.9. The van der Waals surface area contributed by atoms with Crippen molar-refractivity contribution in [1.29, 1.82) is 0 Å². The van der Waals surface area contributed by atoms with Gasteiger partial charge in [0.2, 0.25) is 0 Å². The molecule has 0 aliphatic carbocycles.